The maximum atomic E-state index is 11.1. The lowest BCUT2D eigenvalue weighted by molar-refractivity contribution is -0.145. The van der Waals surface area contributed by atoms with Crippen LogP contribution in [0.5, 0.6) is 5.75 Å². The van der Waals surface area contributed by atoms with E-state index in [4.69, 9.17) is 9.47 Å². The molecule has 0 aliphatic rings. The second-order valence-corrected chi connectivity index (χ2v) is 3.49. The van der Waals surface area contributed by atoms with Crippen LogP contribution in [-0.4, -0.2) is 32.3 Å². The molecule has 98 valence electrons. The Balaban J connectivity index is 2.45. The molecule has 0 saturated carbocycles. The Labute approximate surface area is 106 Å². The summed E-state index contributed by atoms with van der Waals surface area (Å²) in [7, 11) is 1.35. The van der Waals surface area contributed by atoms with E-state index in [1.807, 2.05) is 0 Å². The van der Waals surface area contributed by atoms with Crippen LogP contribution in [0.25, 0.3) is 0 Å². The number of rotatable bonds is 6. The maximum absolute atomic E-state index is 11.1. The zero-order valence-electron chi connectivity index (χ0n) is 10.5. The van der Waals surface area contributed by atoms with Crippen LogP contribution in [0.15, 0.2) is 24.3 Å². The van der Waals surface area contributed by atoms with Gasteiger partial charge in [0.1, 0.15) is 5.75 Å². The van der Waals surface area contributed by atoms with E-state index in [0.29, 0.717) is 12.4 Å². The van der Waals surface area contributed by atoms with E-state index in [1.54, 1.807) is 31.2 Å². The van der Waals surface area contributed by atoms with Crippen molar-refractivity contribution in [3.8, 4) is 5.75 Å². The smallest absolute Gasteiger partial charge is 0.344 e. The van der Waals surface area contributed by atoms with Crippen LogP contribution in [0.3, 0.4) is 0 Å². The minimum atomic E-state index is -0.406. The third kappa shape index (κ3) is 4.86. The molecule has 1 rings (SSSR count). The highest BCUT2D eigenvalue weighted by molar-refractivity contribution is 5.72. The summed E-state index contributed by atoms with van der Waals surface area (Å²) in [6, 6.07) is 6.88. The summed E-state index contributed by atoms with van der Waals surface area (Å²) in [4.78, 5) is 22.1. The number of hydrogen-bond acceptors (Lipinski definition) is 5. The average molecular weight is 252 g/mol. The van der Waals surface area contributed by atoms with Gasteiger partial charge in [0.25, 0.3) is 0 Å². The summed E-state index contributed by atoms with van der Waals surface area (Å²) in [5, 5.41) is 0. The third-order valence-electron chi connectivity index (χ3n) is 2.16. The molecular weight excluding hydrogens is 236 g/mol. The molecule has 5 nitrogen and oxygen atoms in total. The first-order valence-corrected chi connectivity index (χ1v) is 5.60. The van der Waals surface area contributed by atoms with Gasteiger partial charge in [0.2, 0.25) is 0 Å². The second-order valence-electron chi connectivity index (χ2n) is 3.49. The van der Waals surface area contributed by atoms with Gasteiger partial charge in [0.15, 0.2) is 6.61 Å². The van der Waals surface area contributed by atoms with E-state index >= 15 is 0 Å². The second kappa shape index (κ2) is 7.32. The fourth-order valence-electron chi connectivity index (χ4n) is 1.29. The van der Waals surface area contributed by atoms with Crippen molar-refractivity contribution in [1.82, 2.24) is 0 Å². The van der Waals surface area contributed by atoms with Crippen LogP contribution in [0.4, 0.5) is 0 Å². The van der Waals surface area contributed by atoms with Gasteiger partial charge in [-0.25, -0.2) is 4.79 Å². The van der Waals surface area contributed by atoms with Crippen molar-refractivity contribution in [2.75, 3.05) is 20.3 Å². The van der Waals surface area contributed by atoms with E-state index in [2.05, 4.69) is 4.74 Å². The number of carbonyl (C=O) groups is 2. The SMILES string of the molecule is CCOC(=O)COc1ccc(CC(=O)OC)cc1. The predicted octanol–water partition coefficient (Wildman–Crippen LogP) is 1.34. The average Bonchev–Trinajstić information content (AvgIpc) is 2.38. The van der Waals surface area contributed by atoms with Gasteiger partial charge < -0.3 is 14.2 Å². The molecule has 0 aromatic heterocycles. The lowest BCUT2D eigenvalue weighted by Crippen LogP contribution is -2.14. The molecule has 5 heteroatoms. The molecule has 0 radical (unpaired) electrons. The van der Waals surface area contributed by atoms with Crippen molar-refractivity contribution in [1.29, 1.82) is 0 Å². The van der Waals surface area contributed by atoms with Gasteiger partial charge in [-0.2, -0.15) is 0 Å². The molecular formula is C13H16O5. The van der Waals surface area contributed by atoms with Crippen molar-refractivity contribution in [2.45, 2.75) is 13.3 Å². The number of benzene rings is 1. The van der Waals surface area contributed by atoms with Crippen molar-refractivity contribution in [3.63, 3.8) is 0 Å². The molecule has 0 unspecified atom stereocenters. The van der Waals surface area contributed by atoms with E-state index in [1.165, 1.54) is 7.11 Å². The van der Waals surface area contributed by atoms with Crippen molar-refractivity contribution in [2.24, 2.45) is 0 Å². The van der Waals surface area contributed by atoms with Gasteiger partial charge in [-0.3, -0.25) is 4.79 Å². The van der Waals surface area contributed by atoms with Gasteiger partial charge in [-0.05, 0) is 24.6 Å². The molecule has 0 bridgehead atoms. The maximum Gasteiger partial charge on any atom is 0.344 e. The Morgan fingerprint density at radius 2 is 1.78 bits per heavy atom. The summed E-state index contributed by atoms with van der Waals surface area (Å²) in [5.74, 6) is -0.150. The highest BCUT2D eigenvalue weighted by Gasteiger charge is 2.05. The van der Waals surface area contributed by atoms with Gasteiger partial charge in [-0.15, -0.1) is 0 Å². The summed E-state index contributed by atoms with van der Waals surface area (Å²) < 4.78 is 14.5. The van der Waals surface area contributed by atoms with Gasteiger partial charge in [0, 0.05) is 0 Å². The lowest BCUT2D eigenvalue weighted by atomic mass is 10.1. The molecule has 0 aliphatic carbocycles. The van der Waals surface area contributed by atoms with Crippen LogP contribution >= 0.6 is 0 Å². The molecule has 1 aromatic rings. The third-order valence-corrected chi connectivity index (χ3v) is 2.16. The standard InChI is InChI=1S/C13H16O5/c1-3-17-13(15)9-18-11-6-4-10(5-7-11)8-12(14)16-2/h4-7H,3,8-9H2,1-2H3. The topological polar surface area (TPSA) is 61.8 Å². The minimum Gasteiger partial charge on any atom is -0.482 e. The number of esters is 2. The van der Waals surface area contributed by atoms with Crippen molar-refractivity contribution in [3.05, 3.63) is 29.8 Å². The Hall–Kier alpha value is -2.04. The summed E-state index contributed by atoms with van der Waals surface area (Å²) in [6.45, 7) is 1.95. The van der Waals surface area contributed by atoms with E-state index in [-0.39, 0.29) is 19.0 Å². The van der Waals surface area contributed by atoms with Crippen LogP contribution in [0.2, 0.25) is 0 Å². The molecule has 0 aliphatic heterocycles. The van der Waals surface area contributed by atoms with Crippen molar-refractivity contribution >= 4 is 11.9 Å². The number of methoxy groups -OCH3 is 1. The molecule has 0 amide bonds. The summed E-state index contributed by atoms with van der Waals surface area (Å²) >= 11 is 0. The van der Waals surface area contributed by atoms with Gasteiger partial charge in [0.05, 0.1) is 20.1 Å². The Kier molecular flexibility index (Phi) is 5.70. The van der Waals surface area contributed by atoms with Gasteiger partial charge >= 0.3 is 11.9 Å². The highest BCUT2D eigenvalue weighted by atomic mass is 16.6. The number of ether oxygens (including phenoxy) is 3. The van der Waals surface area contributed by atoms with Crippen LogP contribution in [0, 0.1) is 0 Å². The number of carbonyl (C=O) groups excluding carboxylic acids is 2. The van der Waals surface area contributed by atoms with Crippen molar-refractivity contribution < 1.29 is 23.8 Å². The molecule has 0 N–H and O–H groups in total. The highest BCUT2D eigenvalue weighted by Crippen LogP contribution is 2.12. The Morgan fingerprint density at radius 1 is 1.11 bits per heavy atom. The van der Waals surface area contributed by atoms with E-state index in [9.17, 15) is 9.59 Å². The molecule has 18 heavy (non-hydrogen) atoms. The summed E-state index contributed by atoms with van der Waals surface area (Å²) in [5.41, 5.74) is 0.824. The fraction of sp³-hybridized carbons (Fsp3) is 0.385. The largest absolute Gasteiger partial charge is 0.482 e. The molecule has 0 fully saturated rings. The molecule has 1 aromatic carbocycles. The minimum absolute atomic E-state index is 0.121. The Bertz CT molecular complexity index is 396. The van der Waals surface area contributed by atoms with Crippen LogP contribution < -0.4 is 4.74 Å². The van der Waals surface area contributed by atoms with E-state index < -0.39 is 5.97 Å². The molecule has 0 saturated heterocycles. The van der Waals surface area contributed by atoms with Crippen LogP contribution in [0.1, 0.15) is 12.5 Å². The quantitative estimate of drug-likeness (QED) is 0.715. The van der Waals surface area contributed by atoms with Crippen LogP contribution in [-0.2, 0) is 25.5 Å². The normalized spacial score (nSPS) is 9.67. The Morgan fingerprint density at radius 3 is 2.33 bits per heavy atom. The fourth-order valence-corrected chi connectivity index (χ4v) is 1.29. The first-order valence-electron chi connectivity index (χ1n) is 5.60. The zero-order valence-corrected chi connectivity index (χ0v) is 10.5. The number of hydrogen-bond donors (Lipinski definition) is 0. The first-order chi connectivity index (χ1) is 8.65. The summed E-state index contributed by atoms with van der Waals surface area (Å²) in [6.07, 6.45) is 0.217. The first kappa shape index (κ1) is 14.0. The zero-order chi connectivity index (χ0) is 13.4. The monoisotopic (exact) mass is 252 g/mol. The molecule has 0 atom stereocenters. The molecule has 0 heterocycles. The van der Waals surface area contributed by atoms with Gasteiger partial charge in [-0.1, -0.05) is 12.1 Å². The van der Waals surface area contributed by atoms with E-state index in [0.717, 1.165) is 5.56 Å². The lowest BCUT2D eigenvalue weighted by Gasteiger charge is -2.06. The predicted molar refractivity (Wildman–Crippen MR) is 64.3 cm³/mol. The molecule has 0 spiro atoms.